The van der Waals surface area contributed by atoms with E-state index in [2.05, 4.69) is 27.8 Å². The van der Waals surface area contributed by atoms with E-state index in [1.54, 1.807) is 18.0 Å². The monoisotopic (exact) mass is 448 g/mol. The van der Waals surface area contributed by atoms with Gasteiger partial charge in [0, 0.05) is 12.0 Å². The third-order valence-electron chi connectivity index (χ3n) is 6.58. The average molecular weight is 449 g/mol. The third-order valence-corrected chi connectivity index (χ3v) is 6.58. The molecule has 1 saturated carbocycles. The number of methoxy groups -OCH3 is 1. The first-order valence-electron chi connectivity index (χ1n) is 11.4. The highest BCUT2D eigenvalue weighted by Gasteiger charge is 2.36. The molecule has 0 saturated heterocycles. The zero-order valence-corrected chi connectivity index (χ0v) is 18.7. The number of rotatable bonds is 7. The number of hydrogen-bond acceptors (Lipinski definition) is 6. The van der Waals surface area contributed by atoms with Crippen LogP contribution in [-0.2, 0) is 12.0 Å². The molecule has 1 aliphatic heterocycles. The fraction of sp³-hybridized carbons (Fsp3) is 0.400. The van der Waals surface area contributed by atoms with Crippen molar-refractivity contribution in [2.45, 2.75) is 43.7 Å². The Bertz CT molecular complexity index is 1110. The van der Waals surface area contributed by atoms with E-state index in [0.717, 1.165) is 37.2 Å². The molecule has 1 aromatic heterocycles. The van der Waals surface area contributed by atoms with Gasteiger partial charge in [0.25, 0.3) is 5.91 Å². The average Bonchev–Trinajstić information content (AvgIpc) is 3.53. The van der Waals surface area contributed by atoms with E-state index in [-0.39, 0.29) is 17.4 Å². The summed E-state index contributed by atoms with van der Waals surface area (Å²) in [5.41, 5.74) is 1.48. The Labute approximate surface area is 192 Å². The van der Waals surface area contributed by atoms with Crippen molar-refractivity contribution in [1.82, 2.24) is 20.3 Å². The van der Waals surface area contributed by atoms with Crippen LogP contribution in [0.3, 0.4) is 0 Å². The Hall–Kier alpha value is -3.55. The minimum absolute atomic E-state index is 0.0570. The lowest BCUT2D eigenvalue weighted by molar-refractivity contribution is 0.0754. The second-order valence-electron chi connectivity index (χ2n) is 8.72. The summed E-state index contributed by atoms with van der Waals surface area (Å²) in [5, 5.41) is 11.3. The second kappa shape index (κ2) is 9.13. The van der Waals surface area contributed by atoms with Crippen LogP contribution in [0.25, 0.3) is 0 Å². The lowest BCUT2D eigenvalue weighted by Gasteiger charge is -2.30. The molecule has 0 unspecified atom stereocenters. The normalized spacial score (nSPS) is 18.6. The number of amides is 1. The maximum absolute atomic E-state index is 12.8. The SMILES string of the molecule is COc1ccc(C2(CNC(=O)c3cn(C[C@H]4COc5ccccc5O4)nn3)CCCC2)cc1. The number of para-hydroxylation sites is 2. The Morgan fingerprint density at radius 3 is 2.67 bits per heavy atom. The number of nitrogens with one attached hydrogen (secondary N) is 1. The van der Waals surface area contributed by atoms with E-state index in [4.69, 9.17) is 14.2 Å². The highest BCUT2D eigenvalue weighted by Crippen LogP contribution is 2.41. The number of carbonyl (C=O) groups excluding carboxylic acids is 1. The molecule has 0 spiro atoms. The summed E-state index contributed by atoms with van der Waals surface area (Å²) in [6.45, 7) is 1.44. The molecule has 1 amide bonds. The summed E-state index contributed by atoms with van der Waals surface area (Å²) in [6.07, 6.45) is 5.87. The zero-order valence-electron chi connectivity index (χ0n) is 18.7. The summed E-state index contributed by atoms with van der Waals surface area (Å²) in [5.74, 6) is 2.08. The van der Waals surface area contributed by atoms with Gasteiger partial charge in [-0.15, -0.1) is 5.10 Å². The molecule has 8 heteroatoms. The van der Waals surface area contributed by atoms with Gasteiger partial charge in [0.15, 0.2) is 23.3 Å². The highest BCUT2D eigenvalue weighted by molar-refractivity contribution is 5.91. The van der Waals surface area contributed by atoms with Gasteiger partial charge in [-0.3, -0.25) is 4.79 Å². The van der Waals surface area contributed by atoms with Gasteiger partial charge in [-0.05, 0) is 42.7 Å². The van der Waals surface area contributed by atoms with Crippen molar-refractivity contribution in [2.75, 3.05) is 20.3 Å². The molecule has 2 heterocycles. The number of aromatic nitrogens is 3. The molecule has 3 aromatic rings. The Morgan fingerprint density at radius 1 is 1.15 bits per heavy atom. The zero-order chi connectivity index (χ0) is 22.7. The topological polar surface area (TPSA) is 87.5 Å². The quantitative estimate of drug-likeness (QED) is 0.596. The number of carbonyl (C=O) groups is 1. The van der Waals surface area contributed by atoms with Crippen LogP contribution >= 0.6 is 0 Å². The Morgan fingerprint density at radius 2 is 1.91 bits per heavy atom. The first-order valence-corrected chi connectivity index (χ1v) is 11.4. The predicted molar refractivity (Wildman–Crippen MR) is 122 cm³/mol. The van der Waals surface area contributed by atoms with E-state index >= 15 is 0 Å². The first kappa shape index (κ1) is 21.3. The molecule has 1 N–H and O–H groups in total. The van der Waals surface area contributed by atoms with Crippen molar-refractivity contribution in [3.05, 3.63) is 66.0 Å². The van der Waals surface area contributed by atoms with Crippen molar-refractivity contribution >= 4 is 5.91 Å². The largest absolute Gasteiger partial charge is 0.497 e. The molecule has 0 bridgehead atoms. The van der Waals surface area contributed by atoms with Gasteiger partial charge in [-0.25, -0.2) is 4.68 Å². The van der Waals surface area contributed by atoms with Crippen LogP contribution in [0.5, 0.6) is 17.2 Å². The van der Waals surface area contributed by atoms with Crippen LogP contribution in [0, 0.1) is 0 Å². The molecule has 0 radical (unpaired) electrons. The van der Waals surface area contributed by atoms with Crippen LogP contribution < -0.4 is 19.5 Å². The molecule has 1 aliphatic carbocycles. The maximum atomic E-state index is 12.8. The van der Waals surface area contributed by atoms with Gasteiger partial charge in [0.1, 0.15) is 12.4 Å². The fourth-order valence-electron chi connectivity index (χ4n) is 4.76. The summed E-state index contributed by atoms with van der Waals surface area (Å²) in [6, 6.07) is 15.8. The Balaban J connectivity index is 1.21. The van der Waals surface area contributed by atoms with E-state index in [1.807, 2.05) is 36.4 Å². The van der Waals surface area contributed by atoms with Crippen molar-refractivity contribution in [2.24, 2.45) is 0 Å². The van der Waals surface area contributed by atoms with E-state index in [9.17, 15) is 4.79 Å². The molecule has 2 aromatic carbocycles. The Kier molecular flexibility index (Phi) is 5.90. The molecule has 172 valence electrons. The molecule has 33 heavy (non-hydrogen) atoms. The standard InChI is InChI=1S/C25H28N4O4/c1-31-19-10-8-18(9-11-19)25(12-4-5-13-25)17-26-24(30)21-15-29(28-27-21)14-20-16-32-22-6-2-3-7-23(22)33-20/h2-3,6-11,15,20H,4-5,12-14,16-17H2,1H3,(H,26,30)/t20-/m0/s1. The van der Waals surface area contributed by atoms with Crippen LogP contribution in [0.15, 0.2) is 54.7 Å². The molecule has 8 nitrogen and oxygen atoms in total. The number of nitrogens with zero attached hydrogens (tertiary/aromatic N) is 3. The van der Waals surface area contributed by atoms with Gasteiger partial charge in [0.05, 0.1) is 19.9 Å². The summed E-state index contributed by atoms with van der Waals surface area (Å²) in [4.78, 5) is 12.8. The summed E-state index contributed by atoms with van der Waals surface area (Å²) in [7, 11) is 1.67. The van der Waals surface area contributed by atoms with Crippen LogP contribution in [0.4, 0.5) is 0 Å². The van der Waals surface area contributed by atoms with Crippen molar-refractivity contribution in [3.8, 4) is 17.2 Å². The van der Waals surface area contributed by atoms with Gasteiger partial charge in [-0.1, -0.05) is 42.3 Å². The van der Waals surface area contributed by atoms with Crippen molar-refractivity contribution in [3.63, 3.8) is 0 Å². The molecular weight excluding hydrogens is 420 g/mol. The molecular formula is C25H28N4O4. The fourth-order valence-corrected chi connectivity index (χ4v) is 4.76. The van der Waals surface area contributed by atoms with Crippen LogP contribution in [0.2, 0.25) is 0 Å². The predicted octanol–water partition coefficient (Wildman–Crippen LogP) is 3.37. The number of ether oxygens (including phenoxy) is 3. The van der Waals surface area contributed by atoms with Crippen molar-refractivity contribution in [1.29, 1.82) is 0 Å². The lowest BCUT2D eigenvalue weighted by atomic mass is 9.78. The molecule has 1 fully saturated rings. The third kappa shape index (κ3) is 4.51. The maximum Gasteiger partial charge on any atom is 0.273 e. The van der Waals surface area contributed by atoms with E-state index < -0.39 is 0 Å². The molecule has 5 rings (SSSR count). The summed E-state index contributed by atoms with van der Waals surface area (Å²) < 4.78 is 18.6. The smallest absolute Gasteiger partial charge is 0.273 e. The van der Waals surface area contributed by atoms with E-state index in [0.29, 0.717) is 31.1 Å². The van der Waals surface area contributed by atoms with Gasteiger partial charge >= 0.3 is 0 Å². The summed E-state index contributed by atoms with van der Waals surface area (Å²) >= 11 is 0. The van der Waals surface area contributed by atoms with Crippen LogP contribution in [-0.4, -0.2) is 47.3 Å². The van der Waals surface area contributed by atoms with Gasteiger partial charge in [0.2, 0.25) is 0 Å². The highest BCUT2D eigenvalue weighted by atomic mass is 16.6. The van der Waals surface area contributed by atoms with Gasteiger partial charge in [-0.2, -0.15) is 0 Å². The minimum atomic E-state index is -0.216. The van der Waals surface area contributed by atoms with E-state index in [1.165, 1.54) is 5.56 Å². The number of fused-ring (bicyclic) bond motifs is 1. The second-order valence-corrected chi connectivity index (χ2v) is 8.72. The van der Waals surface area contributed by atoms with Crippen molar-refractivity contribution < 1.29 is 19.0 Å². The van der Waals surface area contributed by atoms with Gasteiger partial charge < -0.3 is 19.5 Å². The molecule has 2 aliphatic rings. The minimum Gasteiger partial charge on any atom is -0.497 e. The van der Waals surface area contributed by atoms with Crippen LogP contribution in [0.1, 0.15) is 41.7 Å². The first-order chi connectivity index (χ1) is 16.1. The lowest BCUT2D eigenvalue weighted by Crippen LogP contribution is -2.39. The number of benzene rings is 2. The number of hydrogen-bond donors (Lipinski definition) is 1. The molecule has 1 atom stereocenters.